The van der Waals surface area contributed by atoms with E-state index in [1.54, 1.807) is 6.92 Å². The molecule has 26 heavy (non-hydrogen) atoms. The molecule has 1 atom stereocenters. The summed E-state index contributed by atoms with van der Waals surface area (Å²) < 4.78 is 5.30. The van der Waals surface area contributed by atoms with Crippen LogP contribution in [0.2, 0.25) is 0 Å². The lowest BCUT2D eigenvalue weighted by Gasteiger charge is -2.32. The van der Waals surface area contributed by atoms with Gasteiger partial charge < -0.3 is 9.64 Å². The van der Waals surface area contributed by atoms with Gasteiger partial charge in [0.25, 0.3) is 0 Å². The number of nitrogens with zero attached hydrogens (tertiary/aromatic N) is 1. The maximum atomic E-state index is 11.7. The molecule has 0 radical (unpaired) electrons. The molecule has 2 aromatic carbocycles. The normalized spacial score (nSPS) is 11.7. The number of carbonyl (C=O) groups excluding carboxylic acids is 1. The van der Waals surface area contributed by atoms with E-state index >= 15 is 0 Å². The molecule has 2 aromatic rings. The molecule has 0 N–H and O–H groups in total. The molecule has 0 aromatic heterocycles. The minimum atomic E-state index is -0.398. The largest absolute Gasteiger partial charge is 0.423 e. The van der Waals surface area contributed by atoms with Crippen LogP contribution in [0.1, 0.15) is 46.5 Å². The van der Waals surface area contributed by atoms with E-state index in [2.05, 4.69) is 49.6 Å². The second-order valence-electron chi connectivity index (χ2n) is 6.71. The quantitative estimate of drug-likeness (QED) is 0.231. The standard InChI is InChI=1S/C23H29NO2/c1-5-6-8-11-19(4)24(20-12-9-7-10-13-20)21-14-16-22(17-15-21)26-23(25)18(2)3/h7,9-10,12-17,19H,2,5-6,8,11H2,1,3-4H3. The molecule has 0 fully saturated rings. The van der Waals surface area contributed by atoms with Gasteiger partial charge >= 0.3 is 5.97 Å². The Morgan fingerprint density at radius 2 is 1.65 bits per heavy atom. The van der Waals surface area contributed by atoms with Gasteiger partial charge in [0.1, 0.15) is 5.75 Å². The Bertz CT molecular complexity index is 707. The van der Waals surface area contributed by atoms with Crippen molar-refractivity contribution in [1.82, 2.24) is 0 Å². The molecular weight excluding hydrogens is 322 g/mol. The number of esters is 1. The van der Waals surface area contributed by atoms with Gasteiger partial charge in [-0.15, -0.1) is 0 Å². The van der Waals surface area contributed by atoms with Crippen LogP contribution >= 0.6 is 0 Å². The molecule has 0 heterocycles. The van der Waals surface area contributed by atoms with E-state index in [4.69, 9.17) is 4.74 Å². The molecule has 0 aliphatic heterocycles. The van der Waals surface area contributed by atoms with E-state index in [0.29, 0.717) is 17.4 Å². The molecule has 0 spiro atoms. The van der Waals surface area contributed by atoms with Crippen LogP contribution in [-0.2, 0) is 4.79 Å². The molecule has 0 aliphatic rings. The summed E-state index contributed by atoms with van der Waals surface area (Å²) in [6.07, 6.45) is 4.83. The SMILES string of the molecule is C=C(C)C(=O)Oc1ccc(N(c2ccccc2)C(C)CCCCC)cc1. The van der Waals surface area contributed by atoms with Crippen LogP contribution in [0.4, 0.5) is 11.4 Å². The first-order valence-corrected chi connectivity index (χ1v) is 9.35. The van der Waals surface area contributed by atoms with E-state index in [1.165, 1.54) is 24.9 Å². The van der Waals surface area contributed by atoms with Gasteiger partial charge in [0.2, 0.25) is 0 Å². The molecule has 0 aliphatic carbocycles. The molecule has 1 unspecified atom stereocenters. The number of hydrogen-bond acceptors (Lipinski definition) is 3. The Hall–Kier alpha value is -2.55. The average molecular weight is 351 g/mol. The maximum Gasteiger partial charge on any atom is 0.338 e. The number of unbranched alkanes of at least 4 members (excludes halogenated alkanes) is 2. The summed E-state index contributed by atoms with van der Waals surface area (Å²) in [5, 5.41) is 0. The minimum Gasteiger partial charge on any atom is -0.423 e. The first-order valence-electron chi connectivity index (χ1n) is 9.35. The van der Waals surface area contributed by atoms with Gasteiger partial charge in [-0.1, -0.05) is 51.0 Å². The van der Waals surface area contributed by atoms with Crippen molar-refractivity contribution in [2.24, 2.45) is 0 Å². The van der Waals surface area contributed by atoms with E-state index in [1.807, 2.05) is 30.3 Å². The van der Waals surface area contributed by atoms with Crippen LogP contribution < -0.4 is 9.64 Å². The Labute approximate surface area is 157 Å². The maximum absolute atomic E-state index is 11.7. The highest BCUT2D eigenvalue weighted by molar-refractivity contribution is 5.88. The predicted octanol–water partition coefficient (Wildman–Crippen LogP) is 6.28. The summed E-state index contributed by atoms with van der Waals surface area (Å²) in [6.45, 7) is 9.75. The number of rotatable bonds is 9. The van der Waals surface area contributed by atoms with Crippen molar-refractivity contribution in [2.45, 2.75) is 52.5 Å². The highest BCUT2D eigenvalue weighted by atomic mass is 16.5. The molecular formula is C23H29NO2. The van der Waals surface area contributed by atoms with Crippen molar-refractivity contribution >= 4 is 17.3 Å². The van der Waals surface area contributed by atoms with E-state index in [9.17, 15) is 4.79 Å². The van der Waals surface area contributed by atoms with Crippen molar-refractivity contribution in [2.75, 3.05) is 4.90 Å². The Balaban J connectivity index is 2.22. The zero-order valence-electron chi connectivity index (χ0n) is 16.1. The number of para-hydroxylation sites is 1. The topological polar surface area (TPSA) is 29.5 Å². The summed E-state index contributed by atoms with van der Waals surface area (Å²) in [6, 6.07) is 18.5. The summed E-state index contributed by atoms with van der Waals surface area (Å²) in [5.74, 6) is 0.138. The Morgan fingerprint density at radius 3 is 2.23 bits per heavy atom. The summed E-state index contributed by atoms with van der Waals surface area (Å²) >= 11 is 0. The first-order chi connectivity index (χ1) is 12.5. The minimum absolute atomic E-state index is 0.382. The lowest BCUT2D eigenvalue weighted by atomic mass is 10.1. The lowest BCUT2D eigenvalue weighted by molar-refractivity contribution is -0.130. The average Bonchev–Trinajstić information content (AvgIpc) is 2.64. The van der Waals surface area contributed by atoms with Crippen molar-refractivity contribution < 1.29 is 9.53 Å². The molecule has 3 heteroatoms. The van der Waals surface area contributed by atoms with Gasteiger partial charge in [-0.05, 0) is 56.7 Å². The van der Waals surface area contributed by atoms with E-state index < -0.39 is 5.97 Å². The second kappa shape index (κ2) is 9.81. The fraction of sp³-hybridized carbons (Fsp3) is 0.348. The van der Waals surface area contributed by atoms with Crippen molar-refractivity contribution in [3.63, 3.8) is 0 Å². The summed E-state index contributed by atoms with van der Waals surface area (Å²) in [7, 11) is 0. The van der Waals surface area contributed by atoms with Crippen LogP contribution in [0.15, 0.2) is 66.7 Å². The van der Waals surface area contributed by atoms with Gasteiger partial charge in [-0.2, -0.15) is 0 Å². The smallest absolute Gasteiger partial charge is 0.338 e. The summed E-state index contributed by atoms with van der Waals surface area (Å²) in [4.78, 5) is 14.0. The molecule has 2 rings (SSSR count). The van der Waals surface area contributed by atoms with E-state index in [-0.39, 0.29) is 0 Å². The van der Waals surface area contributed by atoms with Crippen LogP contribution in [-0.4, -0.2) is 12.0 Å². The fourth-order valence-corrected chi connectivity index (χ4v) is 2.93. The third kappa shape index (κ3) is 5.48. The van der Waals surface area contributed by atoms with Gasteiger partial charge in [-0.3, -0.25) is 0 Å². The highest BCUT2D eigenvalue weighted by Gasteiger charge is 2.17. The van der Waals surface area contributed by atoms with Crippen molar-refractivity contribution in [3.05, 3.63) is 66.7 Å². The van der Waals surface area contributed by atoms with Crippen molar-refractivity contribution in [1.29, 1.82) is 0 Å². The van der Waals surface area contributed by atoms with Gasteiger partial charge in [0.05, 0.1) is 0 Å². The Kier molecular flexibility index (Phi) is 7.46. The van der Waals surface area contributed by atoms with Crippen LogP contribution in [0.5, 0.6) is 5.75 Å². The fourth-order valence-electron chi connectivity index (χ4n) is 2.93. The third-order valence-corrected chi connectivity index (χ3v) is 4.37. The van der Waals surface area contributed by atoms with Gasteiger partial charge in [-0.25, -0.2) is 4.79 Å². The van der Waals surface area contributed by atoms with Crippen LogP contribution in [0.25, 0.3) is 0 Å². The molecule has 0 bridgehead atoms. The van der Waals surface area contributed by atoms with Crippen molar-refractivity contribution in [3.8, 4) is 5.75 Å². The van der Waals surface area contributed by atoms with Gasteiger partial charge in [0, 0.05) is 23.0 Å². The zero-order chi connectivity index (χ0) is 18.9. The number of ether oxygens (including phenoxy) is 1. The Morgan fingerprint density at radius 1 is 1.04 bits per heavy atom. The lowest BCUT2D eigenvalue weighted by Crippen LogP contribution is -2.28. The zero-order valence-corrected chi connectivity index (χ0v) is 16.1. The highest BCUT2D eigenvalue weighted by Crippen LogP contribution is 2.31. The predicted molar refractivity (Wildman–Crippen MR) is 109 cm³/mol. The molecule has 138 valence electrons. The number of hydrogen-bond donors (Lipinski definition) is 0. The monoisotopic (exact) mass is 351 g/mol. The number of anilines is 2. The van der Waals surface area contributed by atoms with Gasteiger partial charge in [0.15, 0.2) is 0 Å². The van der Waals surface area contributed by atoms with E-state index in [0.717, 1.165) is 12.1 Å². The summed E-state index contributed by atoms with van der Waals surface area (Å²) in [5.41, 5.74) is 2.66. The second-order valence-corrected chi connectivity index (χ2v) is 6.71. The van der Waals surface area contributed by atoms with Crippen LogP contribution in [0.3, 0.4) is 0 Å². The number of carbonyl (C=O) groups is 1. The molecule has 0 saturated heterocycles. The first kappa shape index (κ1) is 19.8. The molecule has 0 saturated carbocycles. The van der Waals surface area contributed by atoms with Crippen LogP contribution in [0, 0.1) is 0 Å². The third-order valence-electron chi connectivity index (χ3n) is 4.37. The molecule has 3 nitrogen and oxygen atoms in total. The molecule has 0 amide bonds. The number of benzene rings is 2.